The highest BCUT2D eigenvalue weighted by molar-refractivity contribution is 5.94. The summed E-state index contributed by atoms with van der Waals surface area (Å²) in [6, 6.07) is 11.2. The predicted molar refractivity (Wildman–Crippen MR) is 132 cm³/mol. The second kappa shape index (κ2) is 11.6. The number of benzene rings is 2. The molecule has 8 nitrogen and oxygen atoms in total. The number of anilines is 1. The number of amides is 3. The van der Waals surface area contributed by atoms with Gasteiger partial charge >= 0.3 is 18.4 Å². The molecule has 2 bridgehead atoms. The van der Waals surface area contributed by atoms with E-state index >= 15 is 0 Å². The normalized spacial score (nSPS) is 19.7. The van der Waals surface area contributed by atoms with Crippen molar-refractivity contribution in [2.75, 3.05) is 18.4 Å². The fourth-order valence-corrected chi connectivity index (χ4v) is 4.92. The second-order valence-corrected chi connectivity index (χ2v) is 9.52. The number of hydrogen-bond donors (Lipinski definition) is 3. The van der Waals surface area contributed by atoms with Crippen LogP contribution >= 0.6 is 0 Å². The predicted octanol–water partition coefficient (Wildman–Crippen LogP) is 5.04. The number of aliphatic carboxylic acids is 1. The van der Waals surface area contributed by atoms with Crippen LogP contribution in [0.3, 0.4) is 0 Å². The second-order valence-electron chi connectivity index (χ2n) is 9.52. The van der Waals surface area contributed by atoms with Gasteiger partial charge in [-0.15, -0.1) is 13.2 Å². The molecule has 3 atom stereocenters. The molecule has 0 saturated heterocycles. The van der Waals surface area contributed by atoms with E-state index in [1.165, 1.54) is 12.1 Å². The number of alkyl halides is 3. The highest BCUT2D eigenvalue weighted by atomic mass is 19.4. The van der Waals surface area contributed by atoms with Gasteiger partial charge in [0.15, 0.2) is 0 Å². The number of rotatable bonds is 10. The highest BCUT2D eigenvalue weighted by Gasteiger charge is 2.37. The molecule has 3 amide bonds. The Kier molecular flexibility index (Phi) is 8.23. The van der Waals surface area contributed by atoms with Crippen molar-refractivity contribution < 1.29 is 37.4 Å². The van der Waals surface area contributed by atoms with Crippen molar-refractivity contribution in [3.05, 3.63) is 71.8 Å². The Bertz CT molecular complexity index is 1180. The first kappa shape index (κ1) is 27.0. The van der Waals surface area contributed by atoms with Gasteiger partial charge in [-0.25, -0.2) is 4.79 Å². The molecule has 3 unspecified atom stereocenters. The fraction of sp³-hybridized carbons (Fsp3) is 0.370. The summed E-state index contributed by atoms with van der Waals surface area (Å²) < 4.78 is 41.2. The topological polar surface area (TPSA) is 108 Å². The number of ether oxygens (including phenoxy) is 1. The van der Waals surface area contributed by atoms with Crippen molar-refractivity contribution in [1.29, 1.82) is 0 Å². The summed E-state index contributed by atoms with van der Waals surface area (Å²) in [5, 5.41) is 14.0. The lowest BCUT2D eigenvalue weighted by atomic mass is 9.93. The summed E-state index contributed by atoms with van der Waals surface area (Å²) in [6.45, 7) is 0.787. The number of halogens is 3. The summed E-state index contributed by atoms with van der Waals surface area (Å²) in [7, 11) is 0. The molecule has 0 heterocycles. The lowest BCUT2D eigenvalue weighted by Gasteiger charge is -2.29. The standard InChI is InChI=1S/C27H28F3N3O5/c28-27(29,30)38-23-9-7-22(8-10-23)32-26(37)33(16-21-14-18-3-6-20(21)13-18)15-17-1-4-19(5-2-17)25(36)31-12-11-24(34)35/h1-10,18,20-21H,11-16H2,(H,31,36)(H,32,37)(H,34,35). The van der Waals surface area contributed by atoms with Crippen LogP contribution in [-0.4, -0.2) is 47.4 Å². The Hall–Kier alpha value is -4.02. The minimum absolute atomic E-state index is 0.0190. The Morgan fingerprint density at radius 2 is 1.71 bits per heavy atom. The molecular weight excluding hydrogens is 503 g/mol. The molecule has 2 aliphatic carbocycles. The third-order valence-corrected chi connectivity index (χ3v) is 6.71. The van der Waals surface area contributed by atoms with E-state index < -0.39 is 18.4 Å². The number of urea groups is 1. The zero-order chi connectivity index (χ0) is 27.3. The van der Waals surface area contributed by atoms with Crippen molar-refractivity contribution in [1.82, 2.24) is 10.2 Å². The van der Waals surface area contributed by atoms with Crippen LogP contribution < -0.4 is 15.4 Å². The maximum atomic E-state index is 13.2. The molecule has 0 radical (unpaired) electrons. The van der Waals surface area contributed by atoms with Crippen LogP contribution in [0.1, 0.15) is 35.2 Å². The summed E-state index contributed by atoms with van der Waals surface area (Å²) in [6.07, 6.45) is 1.51. The summed E-state index contributed by atoms with van der Waals surface area (Å²) in [5.41, 5.74) is 1.49. The van der Waals surface area contributed by atoms with E-state index in [0.29, 0.717) is 35.5 Å². The lowest BCUT2D eigenvalue weighted by molar-refractivity contribution is -0.274. The Balaban J connectivity index is 1.42. The van der Waals surface area contributed by atoms with Crippen LogP contribution in [0.5, 0.6) is 5.75 Å². The zero-order valence-corrected chi connectivity index (χ0v) is 20.4. The molecule has 1 saturated carbocycles. The van der Waals surface area contributed by atoms with Gasteiger partial charge < -0.3 is 25.4 Å². The molecule has 2 aliphatic rings. The van der Waals surface area contributed by atoms with E-state index in [9.17, 15) is 27.6 Å². The van der Waals surface area contributed by atoms with Crippen molar-refractivity contribution in [2.24, 2.45) is 17.8 Å². The molecule has 0 spiro atoms. The van der Waals surface area contributed by atoms with E-state index in [1.807, 2.05) is 0 Å². The van der Waals surface area contributed by atoms with E-state index in [2.05, 4.69) is 27.5 Å². The number of hydrogen-bond acceptors (Lipinski definition) is 4. The molecule has 38 heavy (non-hydrogen) atoms. The molecule has 3 N–H and O–H groups in total. The van der Waals surface area contributed by atoms with E-state index in [1.54, 1.807) is 29.2 Å². The monoisotopic (exact) mass is 531 g/mol. The first-order chi connectivity index (χ1) is 18.1. The van der Waals surface area contributed by atoms with Crippen LogP contribution in [0.2, 0.25) is 0 Å². The van der Waals surface area contributed by atoms with Gasteiger partial charge in [0.25, 0.3) is 5.91 Å². The van der Waals surface area contributed by atoms with Crippen molar-refractivity contribution >= 4 is 23.6 Å². The largest absolute Gasteiger partial charge is 0.573 e. The van der Waals surface area contributed by atoms with Crippen LogP contribution in [-0.2, 0) is 11.3 Å². The van der Waals surface area contributed by atoms with Crippen molar-refractivity contribution in [3.63, 3.8) is 0 Å². The summed E-state index contributed by atoms with van der Waals surface area (Å²) >= 11 is 0. The number of nitrogens with one attached hydrogen (secondary N) is 2. The van der Waals surface area contributed by atoms with Gasteiger partial charge in [0, 0.05) is 30.9 Å². The summed E-state index contributed by atoms with van der Waals surface area (Å²) in [5.74, 6) is -0.540. The average Bonchev–Trinajstić information content (AvgIpc) is 3.47. The van der Waals surface area contributed by atoms with Gasteiger partial charge in [-0.2, -0.15) is 0 Å². The number of nitrogens with zero attached hydrogens (tertiary/aromatic N) is 1. The minimum Gasteiger partial charge on any atom is -0.481 e. The Labute approximate surface area is 217 Å². The van der Waals surface area contributed by atoms with Gasteiger partial charge in [0.05, 0.1) is 6.42 Å². The van der Waals surface area contributed by atoms with Crippen molar-refractivity contribution in [3.8, 4) is 5.75 Å². The highest BCUT2D eigenvalue weighted by Crippen LogP contribution is 2.43. The number of carbonyl (C=O) groups excluding carboxylic acids is 2. The fourth-order valence-electron chi connectivity index (χ4n) is 4.92. The number of carboxylic acid groups (broad SMARTS) is 1. The molecule has 4 rings (SSSR count). The Morgan fingerprint density at radius 3 is 2.29 bits per heavy atom. The minimum atomic E-state index is -4.80. The maximum absolute atomic E-state index is 13.2. The smallest absolute Gasteiger partial charge is 0.481 e. The third-order valence-electron chi connectivity index (χ3n) is 6.71. The molecule has 1 fully saturated rings. The van der Waals surface area contributed by atoms with Gasteiger partial charge in [-0.1, -0.05) is 24.3 Å². The van der Waals surface area contributed by atoms with E-state index in [0.717, 1.165) is 30.5 Å². The molecule has 0 aromatic heterocycles. The van der Waals surface area contributed by atoms with E-state index in [-0.39, 0.29) is 31.2 Å². The molecule has 2 aromatic carbocycles. The van der Waals surface area contributed by atoms with Crippen LogP contribution in [0, 0.1) is 17.8 Å². The van der Waals surface area contributed by atoms with Crippen molar-refractivity contribution in [2.45, 2.75) is 32.2 Å². The third kappa shape index (κ3) is 7.50. The number of carbonyl (C=O) groups is 3. The molecule has 2 aromatic rings. The first-order valence-electron chi connectivity index (χ1n) is 12.2. The Morgan fingerprint density at radius 1 is 1.00 bits per heavy atom. The molecular formula is C27H28F3N3O5. The average molecular weight is 532 g/mol. The number of allylic oxidation sites excluding steroid dienone is 2. The molecule has 0 aliphatic heterocycles. The number of fused-ring (bicyclic) bond motifs is 2. The quantitative estimate of drug-likeness (QED) is 0.373. The van der Waals surface area contributed by atoms with Gasteiger partial charge in [-0.05, 0) is 72.6 Å². The lowest BCUT2D eigenvalue weighted by Crippen LogP contribution is -2.39. The van der Waals surface area contributed by atoms with Gasteiger partial charge in [0.1, 0.15) is 5.75 Å². The SMILES string of the molecule is O=C(O)CCNC(=O)c1ccc(CN(CC2CC3C=CC2C3)C(=O)Nc2ccc(OC(F)(F)F)cc2)cc1. The zero-order valence-electron chi connectivity index (χ0n) is 20.4. The van der Waals surface area contributed by atoms with Crippen LogP contribution in [0.25, 0.3) is 0 Å². The molecule has 202 valence electrons. The number of carboxylic acids is 1. The maximum Gasteiger partial charge on any atom is 0.573 e. The van der Waals surface area contributed by atoms with Crippen LogP contribution in [0.4, 0.5) is 23.7 Å². The van der Waals surface area contributed by atoms with Gasteiger partial charge in [0.2, 0.25) is 0 Å². The first-order valence-corrected chi connectivity index (χ1v) is 12.2. The van der Waals surface area contributed by atoms with E-state index in [4.69, 9.17) is 5.11 Å². The van der Waals surface area contributed by atoms with Crippen LogP contribution in [0.15, 0.2) is 60.7 Å². The molecule has 11 heteroatoms. The summed E-state index contributed by atoms with van der Waals surface area (Å²) in [4.78, 5) is 37.8. The van der Waals surface area contributed by atoms with Gasteiger partial charge in [-0.3, -0.25) is 9.59 Å².